The summed E-state index contributed by atoms with van der Waals surface area (Å²) >= 11 is 0. The molecule has 1 fully saturated rings. The first-order valence-corrected chi connectivity index (χ1v) is 9.66. The molecule has 1 saturated heterocycles. The minimum absolute atomic E-state index is 0. The van der Waals surface area contributed by atoms with Crippen molar-refractivity contribution in [2.24, 2.45) is 10.9 Å². The van der Waals surface area contributed by atoms with E-state index in [1.54, 1.807) is 7.11 Å². The van der Waals surface area contributed by atoms with Gasteiger partial charge in [-0.15, -0.1) is 24.0 Å². The number of methoxy groups -OCH3 is 1. The van der Waals surface area contributed by atoms with Gasteiger partial charge in [-0.3, -0.25) is 4.99 Å². The number of likely N-dealkylation sites (N-methyl/N-ethyl adjacent to an activating group) is 1. The third kappa shape index (κ3) is 8.66. The number of guanidine groups is 1. The van der Waals surface area contributed by atoms with E-state index in [4.69, 9.17) is 4.74 Å². The topological polar surface area (TPSA) is 52.1 Å². The van der Waals surface area contributed by atoms with Crippen molar-refractivity contribution in [3.05, 3.63) is 29.8 Å². The molecule has 1 aromatic rings. The van der Waals surface area contributed by atoms with Crippen LogP contribution in [0.1, 0.15) is 19.4 Å². The van der Waals surface area contributed by atoms with Crippen LogP contribution in [0, 0.1) is 5.92 Å². The van der Waals surface area contributed by atoms with Gasteiger partial charge < -0.3 is 25.2 Å². The van der Waals surface area contributed by atoms with Crippen molar-refractivity contribution >= 4 is 29.9 Å². The Morgan fingerprint density at radius 1 is 1.19 bits per heavy atom. The van der Waals surface area contributed by atoms with Crippen LogP contribution in [0.5, 0.6) is 5.75 Å². The summed E-state index contributed by atoms with van der Waals surface area (Å²) in [6.07, 6.45) is 0. The molecule has 6 nitrogen and oxygen atoms in total. The summed E-state index contributed by atoms with van der Waals surface area (Å²) in [5.74, 6) is 2.30. The Hall–Kier alpha value is -1.06. The number of benzene rings is 1. The number of ether oxygens (including phenoxy) is 1. The maximum absolute atomic E-state index is 5.27. The Labute approximate surface area is 181 Å². The van der Waals surface area contributed by atoms with E-state index in [1.165, 1.54) is 38.3 Å². The first kappa shape index (κ1) is 24.0. The average Bonchev–Trinajstić information content (AvgIpc) is 2.69. The molecule has 0 amide bonds. The highest BCUT2D eigenvalue weighted by Crippen LogP contribution is 2.12. The molecular formula is C20H36IN5O. The fourth-order valence-electron chi connectivity index (χ4n) is 3.25. The molecule has 0 aliphatic carbocycles. The summed E-state index contributed by atoms with van der Waals surface area (Å²) in [5, 5.41) is 6.82. The lowest BCUT2D eigenvalue weighted by Crippen LogP contribution is -2.48. The fraction of sp³-hybridized carbons (Fsp3) is 0.650. The van der Waals surface area contributed by atoms with E-state index in [1.807, 2.05) is 25.2 Å². The minimum atomic E-state index is 0. The molecule has 0 spiro atoms. The van der Waals surface area contributed by atoms with Gasteiger partial charge in [0.05, 0.1) is 7.11 Å². The van der Waals surface area contributed by atoms with Crippen LogP contribution in [0.15, 0.2) is 29.3 Å². The lowest BCUT2D eigenvalue weighted by molar-refractivity contribution is 0.124. The molecule has 154 valence electrons. The van der Waals surface area contributed by atoms with Crippen molar-refractivity contribution in [2.75, 3.05) is 60.0 Å². The Morgan fingerprint density at radius 2 is 1.89 bits per heavy atom. The Kier molecular flexibility index (Phi) is 11.7. The minimum Gasteiger partial charge on any atom is -0.497 e. The molecule has 2 rings (SSSR count). The van der Waals surface area contributed by atoms with E-state index >= 15 is 0 Å². The molecule has 0 bridgehead atoms. The van der Waals surface area contributed by atoms with E-state index in [2.05, 4.69) is 45.3 Å². The van der Waals surface area contributed by atoms with E-state index in [-0.39, 0.29) is 24.0 Å². The van der Waals surface area contributed by atoms with Crippen molar-refractivity contribution in [3.8, 4) is 5.75 Å². The Morgan fingerprint density at radius 3 is 2.52 bits per heavy atom. The predicted molar refractivity (Wildman–Crippen MR) is 124 cm³/mol. The molecule has 27 heavy (non-hydrogen) atoms. The van der Waals surface area contributed by atoms with Gasteiger partial charge in [0.1, 0.15) is 5.75 Å². The van der Waals surface area contributed by atoms with Crippen molar-refractivity contribution in [1.82, 2.24) is 20.4 Å². The summed E-state index contributed by atoms with van der Waals surface area (Å²) in [5.41, 5.74) is 1.18. The SMILES string of the molecule is CCN1CCN(CC(C)CNC(=NC)NCc2cccc(OC)c2)CC1.I. The quantitative estimate of drug-likeness (QED) is 0.334. The second kappa shape index (κ2) is 13.2. The van der Waals surface area contributed by atoms with E-state index in [0.717, 1.165) is 31.3 Å². The number of hydrogen-bond acceptors (Lipinski definition) is 4. The maximum Gasteiger partial charge on any atom is 0.191 e. The summed E-state index contributed by atoms with van der Waals surface area (Å²) in [7, 11) is 3.51. The summed E-state index contributed by atoms with van der Waals surface area (Å²) in [4.78, 5) is 9.42. The second-order valence-electron chi connectivity index (χ2n) is 7.00. The summed E-state index contributed by atoms with van der Waals surface area (Å²) in [6.45, 7) is 13.2. The standard InChI is InChI=1S/C20H35N5O.HI/c1-5-24-9-11-25(12-10-24)16-17(2)14-22-20(21-3)23-15-18-7-6-8-19(13-18)26-4;/h6-8,13,17H,5,9-12,14-16H2,1-4H3,(H2,21,22,23);1H. The number of piperazine rings is 1. The van der Waals surface area contributed by atoms with Crippen LogP contribution in [-0.4, -0.2) is 75.7 Å². The van der Waals surface area contributed by atoms with Crippen molar-refractivity contribution in [3.63, 3.8) is 0 Å². The average molecular weight is 489 g/mol. The highest BCUT2D eigenvalue weighted by Gasteiger charge is 2.17. The van der Waals surface area contributed by atoms with E-state index < -0.39 is 0 Å². The Balaban J connectivity index is 0.00000364. The van der Waals surface area contributed by atoms with Gasteiger partial charge in [-0.25, -0.2) is 0 Å². The molecule has 0 saturated carbocycles. The maximum atomic E-state index is 5.27. The van der Waals surface area contributed by atoms with Gasteiger partial charge in [-0.2, -0.15) is 0 Å². The van der Waals surface area contributed by atoms with Gasteiger partial charge in [-0.1, -0.05) is 26.0 Å². The summed E-state index contributed by atoms with van der Waals surface area (Å²) < 4.78 is 5.27. The molecular weight excluding hydrogens is 453 g/mol. The third-order valence-electron chi connectivity index (χ3n) is 4.92. The molecule has 2 N–H and O–H groups in total. The van der Waals surface area contributed by atoms with Crippen LogP contribution in [0.25, 0.3) is 0 Å². The van der Waals surface area contributed by atoms with Crippen molar-refractivity contribution < 1.29 is 4.74 Å². The van der Waals surface area contributed by atoms with Gasteiger partial charge in [0.15, 0.2) is 5.96 Å². The van der Waals surface area contributed by atoms with E-state index in [0.29, 0.717) is 5.92 Å². The molecule has 1 aliphatic heterocycles. The van der Waals surface area contributed by atoms with E-state index in [9.17, 15) is 0 Å². The Bertz CT molecular complexity index is 561. The zero-order valence-electron chi connectivity index (χ0n) is 17.2. The number of rotatable bonds is 8. The number of nitrogens with one attached hydrogen (secondary N) is 2. The number of aliphatic imine (C=N–C) groups is 1. The monoisotopic (exact) mass is 489 g/mol. The zero-order valence-corrected chi connectivity index (χ0v) is 19.5. The van der Waals surface area contributed by atoms with Crippen LogP contribution in [0.2, 0.25) is 0 Å². The highest BCUT2D eigenvalue weighted by atomic mass is 127. The molecule has 1 aromatic carbocycles. The van der Waals surface area contributed by atoms with Gasteiger partial charge in [-0.05, 0) is 30.2 Å². The first-order chi connectivity index (χ1) is 12.6. The van der Waals surface area contributed by atoms with Crippen molar-refractivity contribution in [1.29, 1.82) is 0 Å². The van der Waals surface area contributed by atoms with Crippen molar-refractivity contribution in [2.45, 2.75) is 20.4 Å². The normalized spacial score (nSPS) is 17.1. The zero-order chi connectivity index (χ0) is 18.8. The van der Waals surface area contributed by atoms with Crippen LogP contribution in [0.3, 0.4) is 0 Å². The molecule has 7 heteroatoms. The largest absolute Gasteiger partial charge is 0.497 e. The predicted octanol–water partition coefficient (Wildman–Crippen LogP) is 2.25. The van der Waals surface area contributed by atoms with Crippen LogP contribution in [-0.2, 0) is 6.54 Å². The van der Waals surface area contributed by atoms with Gasteiger partial charge >= 0.3 is 0 Å². The molecule has 1 atom stereocenters. The molecule has 1 unspecified atom stereocenters. The van der Waals surface area contributed by atoms with Crippen LogP contribution < -0.4 is 15.4 Å². The van der Waals surface area contributed by atoms with Crippen LogP contribution >= 0.6 is 24.0 Å². The van der Waals surface area contributed by atoms with Gasteiger partial charge in [0, 0.05) is 52.9 Å². The number of nitrogens with zero attached hydrogens (tertiary/aromatic N) is 3. The smallest absolute Gasteiger partial charge is 0.191 e. The fourth-order valence-corrected chi connectivity index (χ4v) is 3.25. The molecule has 1 aliphatic rings. The third-order valence-corrected chi connectivity index (χ3v) is 4.92. The molecule has 0 aromatic heterocycles. The highest BCUT2D eigenvalue weighted by molar-refractivity contribution is 14.0. The molecule has 1 heterocycles. The first-order valence-electron chi connectivity index (χ1n) is 9.66. The molecule has 0 radical (unpaired) electrons. The van der Waals surface area contributed by atoms with Gasteiger partial charge in [0.25, 0.3) is 0 Å². The second-order valence-corrected chi connectivity index (χ2v) is 7.00. The van der Waals surface area contributed by atoms with Crippen LogP contribution in [0.4, 0.5) is 0 Å². The number of hydrogen-bond donors (Lipinski definition) is 2. The lowest BCUT2D eigenvalue weighted by Gasteiger charge is -2.35. The lowest BCUT2D eigenvalue weighted by atomic mass is 10.1. The number of halogens is 1. The van der Waals surface area contributed by atoms with Gasteiger partial charge in [0.2, 0.25) is 0 Å². The summed E-state index contributed by atoms with van der Waals surface area (Å²) in [6, 6.07) is 8.09.